The number of aliphatic hydroxyl groups is 1. The maximum Gasteiger partial charge on any atom is 0.138 e. The van der Waals surface area contributed by atoms with Gasteiger partial charge in [0.2, 0.25) is 0 Å². The number of nitrogens with one attached hydrogen (secondary N) is 1. The standard InChI is InChI=1S/C18H21N3OS/c1-12(2)13-4-6-14(7-5-13)15-10-23-18-16(15)17(20-11-21-18)19-8-3-9-22/h4-7,10-12,22H,3,8-9H2,1-2H3,(H,19,20,21). The summed E-state index contributed by atoms with van der Waals surface area (Å²) in [6.07, 6.45) is 2.29. The number of nitrogens with zero attached hydrogens (tertiary/aromatic N) is 2. The van der Waals surface area contributed by atoms with Crippen LogP contribution in [0.1, 0.15) is 31.7 Å². The lowest BCUT2D eigenvalue weighted by Gasteiger charge is -2.09. The number of aliphatic hydroxyl groups excluding tert-OH is 1. The van der Waals surface area contributed by atoms with E-state index >= 15 is 0 Å². The minimum Gasteiger partial charge on any atom is -0.396 e. The van der Waals surface area contributed by atoms with Gasteiger partial charge in [-0.1, -0.05) is 38.1 Å². The predicted octanol–water partition coefficient (Wildman–Crippen LogP) is 4.28. The molecule has 0 fully saturated rings. The Kier molecular flexibility index (Phi) is 4.88. The molecule has 0 aliphatic rings. The zero-order chi connectivity index (χ0) is 16.2. The molecule has 0 spiro atoms. The third-order valence-electron chi connectivity index (χ3n) is 3.89. The quantitative estimate of drug-likeness (QED) is 0.664. The third kappa shape index (κ3) is 3.35. The second-order valence-corrected chi connectivity index (χ2v) is 6.69. The van der Waals surface area contributed by atoms with Gasteiger partial charge in [0, 0.05) is 24.1 Å². The molecule has 0 saturated carbocycles. The minimum absolute atomic E-state index is 0.175. The summed E-state index contributed by atoms with van der Waals surface area (Å²) >= 11 is 1.63. The van der Waals surface area contributed by atoms with E-state index in [1.807, 2.05) is 0 Å². The van der Waals surface area contributed by atoms with Crippen molar-refractivity contribution >= 4 is 27.4 Å². The predicted molar refractivity (Wildman–Crippen MR) is 97.1 cm³/mol. The summed E-state index contributed by atoms with van der Waals surface area (Å²) in [6, 6.07) is 8.71. The first-order valence-corrected chi connectivity index (χ1v) is 8.76. The first-order chi connectivity index (χ1) is 11.2. The van der Waals surface area contributed by atoms with Gasteiger partial charge in [0.15, 0.2) is 0 Å². The highest BCUT2D eigenvalue weighted by Crippen LogP contribution is 2.36. The van der Waals surface area contributed by atoms with Crippen molar-refractivity contribution < 1.29 is 5.11 Å². The van der Waals surface area contributed by atoms with Crippen molar-refractivity contribution in [2.75, 3.05) is 18.5 Å². The van der Waals surface area contributed by atoms with Crippen molar-refractivity contribution in [3.63, 3.8) is 0 Å². The van der Waals surface area contributed by atoms with Crippen LogP contribution in [-0.2, 0) is 0 Å². The molecule has 2 heterocycles. The zero-order valence-corrected chi connectivity index (χ0v) is 14.2. The van der Waals surface area contributed by atoms with E-state index in [4.69, 9.17) is 5.11 Å². The first kappa shape index (κ1) is 15.9. The molecule has 0 atom stereocenters. The van der Waals surface area contributed by atoms with E-state index in [0.29, 0.717) is 18.9 Å². The average Bonchev–Trinajstić information content (AvgIpc) is 3.00. The Morgan fingerprint density at radius 1 is 1.17 bits per heavy atom. The maximum absolute atomic E-state index is 8.95. The molecule has 3 aromatic rings. The second kappa shape index (κ2) is 7.06. The Balaban J connectivity index is 2.00. The smallest absolute Gasteiger partial charge is 0.138 e. The fraction of sp³-hybridized carbons (Fsp3) is 0.333. The number of thiophene rings is 1. The van der Waals surface area contributed by atoms with Crippen molar-refractivity contribution in [2.24, 2.45) is 0 Å². The van der Waals surface area contributed by atoms with Crippen LogP contribution in [0.25, 0.3) is 21.3 Å². The van der Waals surface area contributed by atoms with Gasteiger partial charge in [0.25, 0.3) is 0 Å². The molecule has 3 rings (SSSR count). The molecule has 0 unspecified atom stereocenters. The summed E-state index contributed by atoms with van der Waals surface area (Å²) in [4.78, 5) is 9.75. The molecule has 23 heavy (non-hydrogen) atoms. The van der Waals surface area contributed by atoms with Gasteiger partial charge < -0.3 is 10.4 Å². The molecular weight excluding hydrogens is 306 g/mol. The van der Waals surface area contributed by atoms with Crippen LogP contribution in [0.4, 0.5) is 5.82 Å². The lowest BCUT2D eigenvalue weighted by molar-refractivity contribution is 0.292. The van der Waals surface area contributed by atoms with Crippen LogP contribution in [0.15, 0.2) is 36.0 Å². The van der Waals surface area contributed by atoms with Gasteiger partial charge in [0.1, 0.15) is 17.0 Å². The van der Waals surface area contributed by atoms with Crippen molar-refractivity contribution in [3.8, 4) is 11.1 Å². The van der Waals surface area contributed by atoms with Crippen molar-refractivity contribution in [1.29, 1.82) is 0 Å². The molecule has 0 bridgehead atoms. The van der Waals surface area contributed by atoms with Crippen LogP contribution >= 0.6 is 11.3 Å². The zero-order valence-electron chi connectivity index (χ0n) is 13.4. The summed E-state index contributed by atoms with van der Waals surface area (Å²) in [5, 5.41) is 15.5. The van der Waals surface area contributed by atoms with Crippen LogP contribution in [0.3, 0.4) is 0 Å². The SMILES string of the molecule is CC(C)c1ccc(-c2csc3ncnc(NCCCO)c23)cc1. The molecule has 2 aromatic heterocycles. The summed E-state index contributed by atoms with van der Waals surface area (Å²) < 4.78 is 0. The highest BCUT2D eigenvalue weighted by Gasteiger charge is 2.13. The number of fused-ring (bicyclic) bond motifs is 1. The Labute approximate surface area is 140 Å². The number of anilines is 1. The molecule has 120 valence electrons. The van der Waals surface area contributed by atoms with E-state index < -0.39 is 0 Å². The van der Waals surface area contributed by atoms with Gasteiger partial charge in [-0.3, -0.25) is 0 Å². The molecular formula is C18H21N3OS. The number of aromatic nitrogens is 2. The van der Waals surface area contributed by atoms with Crippen molar-refractivity contribution in [3.05, 3.63) is 41.5 Å². The van der Waals surface area contributed by atoms with E-state index in [9.17, 15) is 0 Å². The lowest BCUT2D eigenvalue weighted by Crippen LogP contribution is -2.05. The summed E-state index contributed by atoms with van der Waals surface area (Å²) in [6.45, 7) is 5.27. The molecule has 0 radical (unpaired) electrons. The third-order valence-corrected chi connectivity index (χ3v) is 4.77. The Hall–Kier alpha value is -1.98. The molecule has 0 aliphatic carbocycles. The molecule has 2 N–H and O–H groups in total. The van der Waals surface area contributed by atoms with E-state index in [2.05, 4.69) is 58.8 Å². The Morgan fingerprint density at radius 3 is 2.65 bits per heavy atom. The monoisotopic (exact) mass is 327 g/mol. The fourth-order valence-corrected chi connectivity index (χ4v) is 3.47. The highest BCUT2D eigenvalue weighted by molar-refractivity contribution is 7.17. The average molecular weight is 327 g/mol. The first-order valence-electron chi connectivity index (χ1n) is 7.88. The normalized spacial score (nSPS) is 11.3. The van der Waals surface area contributed by atoms with Crippen LogP contribution in [-0.4, -0.2) is 28.2 Å². The van der Waals surface area contributed by atoms with E-state index in [0.717, 1.165) is 21.6 Å². The van der Waals surface area contributed by atoms with E-state index in [1.165, 1.54) is 11.1 Å². The number of hydrogen-bond acceptors (Lipinski definition) is 5. The minimum atomic E-state index is 0.175. The van der Waals surface area contributed by atoms with Gasteiger partial charge in [-0.15, -0.1) is 11.3 Å². The molecule has 4 nitrogen and oxygen atoms in total. The van der Waals surface area contributed by atoms with Gasteiger partial charge in [0.05, 0.1) is 5.39 Å². The van der Waals surface area contributed by atoms with E-state index in [1.54, 1.807) is 17.7 Å². The molecule has 5 heteroatoms. The maximum atomic E-state index is 8.95. The van der Waals surface area contributed by atoms with Gasteiger partial charge in [-0.25, -0.2) is 9.97 Å². The van der Waals surface area contributed by atoms with Crippen LogP contribution in [0.2, 0.25) is 0 Å². The number of rotatable bonds is 6. The van der Waals surface area contributed by atoms with Gasteiger partial charge in [-0.05, 0) is 23.5 Å². The summed E-state index contributed by atoms with van der Waals surface area (Å²) in [7, 11) is 0. The Bertz CT molecular complexity index is 781. The second-order valence-electron chi connectivity index (χ2n) is 5.83. The van der Waals surface area contributed by atoms with Gasteiger partial charge >= 0.3 is 0 Å². The number of hydrogen-bond donors (Lipinski definition) is 2. The molecule has 0 aliphatic heterocycles. The van der Waals surface area contributed by atoms with Gasteiger partial charge in [-0.2, -0.15) is 0 Å². The molecule has 1 aromatic carbocycles. The van der Waals surface area contributed by atoms with Crippen LogP contribution < -0.4 is 5.32 Å². The Morgan fingerprint density at radius 2 is 1.96 bits per heavy atom. The van der Waals surface area contributed by atoms with E-state index in [-0.39, 0.29) is 6.61 Å². The molecule has 0 amide bonds. The molecule has 0 saturated heterocycles. The van der Waals surface area contributed by atoms with Crippen molar-refractivity contribution in [2.45, 2.75) is 26.2 Å². The largest absolute Gasteiger partial charge is 0.396 e. The van der Waals surface area contributed by atoms with Crippen LogP contribution in [0.5, 0.6) is 0 Å². The number of benzene rings is 1. The lowest BCUT2D eigenvalue weighted by atomic mass is 9.99. The summed E-state index contributed by atoms with van der Waals surface area (Å²) in [5.41, 5.74) is 3.68. The topological polar surface area (TPSA) is 58.0 Å². The van der Waals surface area contributed by atoms with Crippen LogP contribution in [0, 0.1) is 0 Å². The van der Waals surface area contributed by atoms with Crippen molar-refractivity contribution in [1.82, 2.24) is 9.97 Å². The fourth-order valence-electron chi connectivity index (χ4n) is 2.56. The summed E-state index contributed by atoms with van der Waals surface area (Å²) in [5.74, 6) is 1.37. The highest BCUT2D eigenvalue weighted by atomic mass is 32.1.